The molecule has 208 valence electrons. The molecule has 0 radical (unpaired) electrons. The first kappa shape index (κ1) is 28.3. The van der Waals surface area contributed by atoms with Gasteiger partial charge in [0.25, 0.3) is 0 Å². The van der Waals surface area contributed by atoms with Crippen molar-refractivity contribution in [3.8, 4) is 0 Å². The number of amides is 3. The number of carbonyl (C=O) groups is 3. The Hall–Kier alpha value is -3.27. The largest absolute Gasteiger partial charge is 0.366 e. The van der Waals surface area contributed by atoms with Gasteiger partial charge < -0.3 is 21.7 Å². The predicted molar refractivity (Wildman–Crippen MR) is 157 cm³/mol. The summed E-state index contributed by atoms with van der Waals surface area (Å²) in [7, 11) is 0. The summed E-state index contributed by atoms with van der Waals surface area (Å²) in [6.45, 7) is 6.17. The van der Waals surface area contributed by atoms with Gasteiger partial charge in [0.15, 0.2) is 0 Å². The van der Waals surface area contributed by atoms with E-state index < -0.39 is 41.0 Å². The molecule has 3 amide bonds. The van der Waals surface area contributed by atoms with Crippen LogP contribution in [0.25, 0.3) is 0 Å². The molecule has 1 fully saturated rings. The van der Waals surface area contributed by atoms with Crippen molar-refractivity contribution in [1.82, 2.24) is 5.32 Å². The minimum Gasteiger partial charge on any atom is -0.366 e. The fourth-order valence-electron chi connectivity index (χ4n) is 6.09. The molecule has 10 heteroatoms. The van der Waals surface area contributed by atoms with Gasteiger partial charge in [0.05, 0.1) is 10.5 Å². The Labute approximate surface area is 245 Å². The quantitative estimate of drug-likeness (QED) is 0.289. The fourth-order valence-corrected chi connectivity index (χ4v) is 6.64. The van der Waals surface area contributed by atoms with E-state index >= 15 is 4.39 Å². The zero-order chi connectivity index (χ0) is 29.0. The molecular formula is C30H29BrClFN4O3. The summed E-state index contributed by atoms with van der Waals surface area (Å²) in [5.41, 5.74) is 5.97. The Kier molecular flexibility index (Phi) is 7.27. The average Bonchev–Trinajstić information content (AvgIpc) is 3.35. The van der Waals surface area contributed by atoms with Crippen molar-refractivity contribution in [3.63, 3.8) is 0 Å². The zero-order valence-corrected chi connectivity index (χ0v) is 24.5. The molecule has 0 aliphatic carbocycles. The summed E-state index contributed by atoms with van der Waals surface area (Å²) in [5, 5.41) is 9.76. The van der Waals surface area contributed by atoms with E-state index in [2.05, 4.69) is 52.7 Å². The summed E-state index contributed by atoms with van der Waals surface area (Å²) in [5.74, 6) is -2.80. The molecule has 40 heavy (non-hydrogen) atoms. The van der Waals surface area contributed by atoms with Crippen molar-refractivity contribution in [2.45, 2.75) is 50.6 Å². The third kappa shape index (κ3) is 4.80. The second-order valence-electron chi connectivity index (χ2n) is 11.5. The zero-order valence-electron chi connectivity index (χ0n) is 22.1. The van der Waals surface area contributed by atoms with Crippen molar-refractivity contribution in [2.24, 2.45) is 11.1 Å². The van der Waals surface area contributed by atoms with Crippen LogP contribution in [0.3, 0.4) is 0 Å². The van der Waals surface area contributed by atoms with Crippen molar-refractivity contribution < 1.29 is 18.8 Å². The number of nitrogens with two attached hydrogens (primary N) is 1. The summed E-state index contributed by atoms with van der Waals surface area (Å²) in [6.07, 6.45) is 0.520. The number of anilines is 2. The van der Waals surface area contributed by atoms with Gasteiger partial charge in [-0.05, 0) is 81.4 Å². The Morgan fingerprint density at radius 1 is 1.12 bits per heavy atom. The topological polar surface area (TPSA) is 113 Å². The van der Waals surface area contributed by atoms with Gasteiger partial charge in [-0.2, -0.15) is 0 Å². The Morgan fingerprint density at radius 3 is 2.48 bits per heavy atom. The van der Waals surface area contributed by atoms with Crippen LogP contribution in [-0.2, 0) is 15.0 Å². The van der Waals surface area contributed by atoms with Gasteiger partial charge in [-0.25, -0.2) is 4.39 Å². The van der Waals surface area contributed by atoms with Crippen molar-refractivity contribution in [2.75, 3.05) is 10.6 Å². The first-order valence-electron chi connectivity index (χ1n) is 12.8. The highest BCUT2D eigenvalue weighted by atomic mass is 79.9. The van der Waals surface area contributed by atoms with Gasteiger partial charge in [0, 0.05) is 33.9 Å². The Morgan fingerprint density at radius 2 is 1.82 bits per heavy atom. The van der Waals surface area contributed by atoms with Crippen molar-refractivity contribution in [1.29, 1.82) is 0 Å². The van der Waals surface area contributed by atoms with Crippen LogP contribution in [-0.4, -0.2) is 29.8 Å². The van der Waals surface area contributed by atoms with Crippen LogP contribution in [0, 0.1) is 11.2 Å². The molecule has 5 rings (SSSR count). The molecule has 5 N–H and O–H groups in total. The number of rotatable bonds is 5. The molecule has 7 nitrogen and oxygen atoms in total. The van der Waals surface area contributed by atoms with Crippen LogP contribution in [0.15, 0.2) is 65.1 Å². The van der Waals surface area contributed by atoms with E-state index in [4.69, 9.17) is 17.3 Å². The summed E-state index contributed by atoms with van der Waals surface area (Å²) in [6, 6.07) is 14.7. The van der Waals surface area contributed by atoms with Crippen LogP contribution in [0.1, 0.15) is 54.6 Å². The number of primary amides is 1. The number of halogens is 3. The summed E-state index contributed by atoms with van der Waals surface area (Å²) < 4.78 is 16.1. The first-order valence-corrected chi connectivity index (χ1v) is 14.0. The molecule has 2 aliphatic heterocycles. The molecule has 1 spiro atoms. The normalized spacial score (nSPS) is 23.6. The van der Waals surface area contributed by atoms with Crippen molar-refractivity contribution >= 4 is 56.6 Å². The predicted octanol–water partition coefficient (Wildman–Crippen LogP) is 5.73. The van der Waals surface area contributed by atoms with Gasteiger partial charge in [-0.15, -0.1) is 0 Å². The van der Waals surface area contributed by atoms with Crippen LogP contribution < -0.4 is 21.7 Å². The number of hydrogen-bond donors (Lipinski definition) is 4. The number of benzene rings is 3. The lowest BCUT2D eigenvalue weighted by atomic mass is 9.62. The Balaban J connectivity index is 1.69. The highest BCUT2D eigenvalue weighted by Gasteiger charge is 2.66. The van der Waals surface area contributed by atoms with E-state index in [-0.39, 0.29) is 21.4 Å². The number of carbonyl (C=O) groups excluding carboxylic acids is 3. The van der Waals surface area contributed by atoms with Gasteiger partial charge in [0.2, 0.25) is 17.7 Å². The second kappa shape index (κ2) is 10.3. The molecule has 3 aromatic carbocycles. The lowest BCUT2D eigenvalue weighted by molar-refractivity contribution is -0.122. The highest BCUT2D eigenvalue weighted by molar-refractivity contribution is 9.10. The third-order valence-corrected chi connectivity index (χ3v) is 8.51. The second-order valence-corrected chi connectivity index (χ2v) is 12.8. The molecule has 4 atom stereocenters. The van der Waals surface area contributed by atoms with Crippen LogP contribution in [0.4, 0.5) is 15.8 Å². The maximum absolute atomic E-state index is 15.9. The molecule has 2 aliphatic rings. The first-order chi connectivity index (χ1) is 18.8. The van der Waals surface area contributed by atoms with E-state index in [1.807, 2.05) is 0 Å². The lowest BCUT2D eigenvalue weighted by Crippen LogP contribution is -2.49. The highest BCUT2D eigenvalue weighted by Crippen LogP contribution is 2.57. The van der Waals surface area contributed by atoms with E-state index in [1.54, 1.807) is 48.5 Å². The third-order valence-electron chi connectivity index (χ3n) is 7.66. The van der Waals surface area contributed by atoms with Gasteiger partial charge in [0.1, 0.15) is 11.2 Å². The molecule has 2 heterocycles. The van der Waals surface area contributed by atoms with Crippen LogP contribution >= 0.6 is 27.5 Å². The van der Waals surface area contributed by atoms with Gasteiger partial charge in [-0.3, -0.25) is 14.4 Å². The molecule has 0 unspecified atom stereocenters. The van der Waals surface area contributed by atoms with E-state index in [0.29, 0.717) is 33.9 Å². The van der Waals surface area contributed by atoms with Gasteiger partial charge in [-0.1, -0.05) is 50.6 Å². The number of hydrogen-bond acceptors (Lipinski definition) is 4. The summed E-state index contributed by atoms with van der Waals surface area (Å²) in [4.78, 5) is 39.6. The van der Waals surface area contributed by atoms with E-state index in [1.165, 1.54) is 12.1 Å². The SMILES string of the molecule is CC(C)(C)C[C@@H]1N[C@@H](C(=O)Nc2ccc(C(N)=O)cc2)[C@H](c2cccc(Br)c2F)[C@]12C(=O)Nc1cc(Cl)ccc12. The number of fused-ring (bicyclic) bond motifs is 2. The lowest BCUT2D eigenvalue weighted by Gasteiger charge is -2.37. The molecule has 0 bridgehead atoms. The van der Waals surface area contributed by atoms with E-state index in [0.717, 1.165) is 0 Å². The van der Waals surface area contributed by atoms with E-state index in [9.17, 15) is 14.4 Å². The molecule has 1 saturated heterocycles. The monoisotopic (exact) mass is 626 g/mol. The molecule has 0 saturated carbocycles. The minimum absolute atomic E-state index is 0.232. The smallest absolute Gasteiger partial charge is 0.248 e. The minimum atomic E-state index is -1.31. The van der Waals surface area contributed by atoms with Crippen LogP contribution in [0.5, 0.6) is 0 Å². The Bertz CT molecular complexity index is 1520. The fraction of sp³-hybridized carbons (Fsp3) is 0.300. The summed E-state index contributed by atoms with van der Waals surface area (Å²) >= 11 is 9.57. The van der Waals surface area contributed by atoms with Gasteiger partial charge >= 0.3 is 0 Å². The average molecular weight is 628 g/mol. The standard InChI is InChI=1S/C30H29BrClFN4O3/c1-29(2,3)14-22-30(19-12-9-16(32)13-21(19)36-28(30)40)23(18-5-4-6-20(31)24(18)33)25(37-22)27(39)35-17-10-7-15(8-11-17)26(34)38/h4-13,22-23,25,37H,14H2,1-3H3,(H2,34,38)(H,35,39)(H,36,40)/t22-,23-,25+,30+/m0/s1. The maximum atomic E-state index is 15.9. The van der Waals surface area contributed by atoms with Crippen LogP contribution in [0.2, 0.25) is 5.02 Å². The molecule has 0 aromatic heterocycles. The maximum Gasteiger partial charge on any atom is 0.248 e. The molecule has 3 aromatic rings. The van der Waals surface area contributed by atoms with Crippen molar-refractivity contribution in [3.05, 3.63) is 92.7 Å². The molecular weight excluding hydrogens is 599 g/mol. The number of nitrogens with one attached hydrogen (secondary N) is 3.